The van der Waals surface area contributed by atoms with E-state index in [1.807, 2.05) is 12.1 Å². The highest BCUT2D eigenvalue weighted by molar-refractivity contribution is 7.56. The van der Waals surface area contributed by atoms with E-state index in [0.717, 1.165) is 91.8 Å². The highest BCUT2D eigenvalue weighted by atomic mass is 35.5. The van der Waals surface area contributed by atoms with Crippen LogP contribution in [0.15, 0.2) is 48.5 Å². The second-order valence-electron chi connectivity index (χ2n) is 20.3. The van der Waals surface area contributed by atoms with Crippen LogP contribution >= 0.6 is 40.4 Å². The van der Waals surface area contributed by atoms with Crippen molar-refractivity contribution >= 4 is 67.6 Å². The van der Waals surface area contributed by atoms with E-state index in [9.17, 15) is 4.79 Å². The summed E-state index contributed by atoms with van der Waals surface area (Å²) in [6.07, 6.45) is 5.26. The Hall–Kier alpha value is -3.01. The fraction of sp³-hybridized carbons (Fsp3) is 0.510. The summed E-state index contributed by atoms with van der Waals surface area (Å²) < 4.78 is 30.9. The molecule has 2 atom stereocenters. The maximum absolute atomic E-state index is 12.8. The summed E-state index contributed by atoms with van der Waals surface area (Å²) in [5.41, 5.74) is 5.40. The largest absolute Gasteiger partial charge is 0.496 e. The topological polar surface area (TPSA) is 63.2 Å². The summed E-state index contributed by atoms with van der Waals surface area (Å²) in [5, 5.41) is 5.19. The molecule has 5 rings (SSSR count). The Labute approximate surface area is 380 Å². The van der Waals surface area contributed by atoms with Gasteiger partial charge in [-0.2, -0.15) is 0 Å². The molecule has 0 N–H and O–H groups in total. The highest BCUT2D eigenvalue weighted by Gasteiger charge is 2.32. The first kappa shape index (κ1) is 49.0. The number of carbonyl (C=O) groups excluding carboxylic acids is 1. The van der Waals surface area contributed by atoms with Crippen LogP contribution < -0.4 is 40.2 Å². The number of hydrogen-bond acceptors (Lipinski definition) is 6. The van der Waals surface area contributed by atoms with Crippen LogP contribution in [0, 0.1) is 0 Å². The van der Waals surface area contributed by atoms with Crippen LogP contribution in [-0.2, 0) is 31.2 Å². The van der Waals surface area contributed by atoms with Gasteiger partial charge in [0.05, 0.1) is 37.5 Å². The van der Waals surface area contributed by atoms with Gasteiger partial charge in [0.15, 0.2) is 6.61 Å². The lowest BCUT2D eigenvalue weighted by Gasteiger charge is -2.31. The van der Waals surface area contributed by atoms with E-state index in [0.29, 0.717) is 21.5 Å². The molecule has 0 bridgehead atoms. The van der Waals surface area contributed by atoms with Crippen molar-refractivity contribution in [2.75, 3.05) is 27.9 Å². The number of benzene rings is 4. The van der Waals surface area contributed by atoms with Crippen LogP contribution in [0.5, 0.6) is 23.0 Å². The van der Waals surface area contributed by atoms with Crippen LogP contribution in [0.4, 0.5) is 0 Å². The minimum Gasteiger partial charge on any atom is -0.496 e. The van der Waals surface area contributed by atoms with Crippen LogP contribution in [0.1, 0.15) is 137 Å². The first-order valence-electron chi connectivity index (χ1n) is 21.4. The van der Waals surface area contributed by atoms with E-state index >= 15 is 0 Å². The van der Waals surface area contributed by atoms with Gasteiger partial charge in [0.1, 0.15) is 23.0 Å². The standard InChI is InChI=1S/C51H68Cl2O6P2/c1-48(2,3)33-25-31(26-34(44(33)56-14)49(4,5)6)60-39-23-21-37(52)46(58-29-41(54)55-13)42(39)43-40(24-22-38(53)47(43)59-30-19-17-16-18-20-30)61-32-27-35(50(7,8)9)45(57-15)36(28-32)51(10,11)12/h21-28,30,60-61H,16-20,29H2,1-15H3. The molecule has 6 nitrogen and oxygen atoms in total. The molecule has 4 aromatic carbocycles. The maximum Gasteiger partial charge on any atom is 0.343 e. The normalized spacial score (nSPS) is 14.6. The third kappa shape index (κ3) is 11.6. The quantitative estimate of drug-likeness (QED) is 0.104. The molecule has 0 amide bonds. The van der Waals surface area contributed by atoms with Crippen molar-refractivity contribution in [2.24, 2.45) is 0 Å². The van der Waals surface area contributed by atoms with Gasteiger partial charge in [0.2, 0.25) is 0 Å². The summed E-state index contributed by atoms with van der Waals surface area (Å²) >= 11 is 14.5. The fourth-order valence-corrected chi connectivity index (χ4v) is 11.0. The molecule has 0 aliphatic heterocycles. The van der Waals surface area contributed by atoms with Crippen molar-refractivity contribution in [2.45, 2.75) is 143 Å². The Morgan fingerprint density at radius 2 is 0.951 bits per heavy atom. The number of ether oxygens (including phenoxy) is 5. The molecular weight excluding hydrogens is 841 g/mol. The van der Waals surface area contributed by atoms with Crippen molar-refractivity contribution in [1.29, 1.82) is 0 Å². The Balaban J connectivity index is 1.88. The van der Waals surface area contributed by atoms with Crippen LogP contribution in [-0.4, -0.2) is 40.0 Å². The molecule has 0 saturated heterocycles. The predicted octanol–water partition coefficient (Wildman–Crippen LogP) is 12.4. The minimum atomic E-state index is -0.510. The summed E-state index contributed by atoms with van der Waals surface area (Å²) in [4.78, 5) is 12.8. The first-order valence-corrected chi connectivity index (χ1v) is 24.2. The van der Waals surface area contributed by atoms with Gasteiger partial charge in [-0.1, -0.05) is 142 Å². The molecule has 2 unspecified atom stereocenters. The molecule has 0 radical (unpaired) electrons. The SMILES string of the molecule is COC(=O)COc1c(Cl)ccc(Pc2cc(C(C)(C)C)c(OC)c(C(C)(C)C)c2)c1-c1c(Pc2cc(C(C)(C)C)c(OC)c(C(C)(C)C)c2)ccc(Cl)c1OC1CCCCC1. The molecule has 1 aliphatic carbocycles. The average Bonchev–Trinajstić information content (AvgIpc) is 3.17. The number of hydrogen-bond donors (Lipinski definition) is 0. The lowest BCUT2D eigenvalue weighted by atomic mass is 9.79. The molecular formula is C51H68Cl2O6P2. The van der Waals surface area contributed by atoms with Crippen LogP contribution in [0.3, 0.4) is 0 Å². The highest BCUT2D eigenvalue weighted by Crippen LogP contribution is 2.48. The summed E-state index contributed by atoms with van der Waals surface area (Å²) in [7, 11) is 5.24. The molecule has 10 heteroatoms. The van der Waals surface area contributed by atoms with Crippen molar-refractivity contribution in [1.82, 2.24) is 0 Å². The fourth-order valence-electron chi connectivity index (χ4n) is 8.00. The van der Waals surface area contributed by atoms with Gasteiger partial charge in [-0.05, 0) is 105 Å². The zero-order chi connectivity index (χ0) is 45.2. The van der Waals surface area contributed by atoms with Crippen molar-refractivity contribution in [3.8, 4) is 34.1 Å². The third-order valence-corrected chi connectivity index (χ3v) is 14.4. The Bertz CT molecular complexity index is 2150. The van der Waals surface area contributed by atoms with Crippen LogP contribution in [0.25, 0.3) is 11.1 Å². The second-order valence-corrected chi connectivity index (χ2v) is 23.8. The van der Waals surface area contributed by atoms with Gasteiger partial charge < -0.3 is 23.7 Å². The summed E-state index contributed by atoms with van der Waals surface area (Å²) in [5.74, 6) is 2.32. The number of halogens is 2. The van der Waals surface area contributed by atoms with Gasteiger partial charge in [0.25, 0.3) is 0 Å². The predicted molar refractivity (Wildman–Crippen MR) is 263 cm³/mol. The minimum absolute atomic E-state index is 0.000599. The second kappa shape index (κ2) is 19.4. The number of esters is 1. The Morgan fingerprint density at radius 3 is 1.31 bits per heavy atom. The zero-order valence-corrected chi connectivity index (χ0v) is 42.7. The molecule has 0 aromatic heterocycles. The third-order valence-electron chi connectivity index (χ3n) is 11.2. The molecule has 1 fully saturated rings. The van der Waals surface area contributed by atoms with Gasteiger partial charge in [0, 0.05) is 33.4 Å². The molecule has 0 spiro atoms. The summed E-state index contributed by atoms with van der Waals surface area (Å²) in [6, 6.07) is 17.2. The van der Waals surface area contributed by atoms with E-state index < -0.39 is 5.97 Å². The van der Waals surface area contributed by atoms with Gasteiger partial charge in [-0.25, -0.2) is 4.79 Å². The van der Waals surface area contributed by atoms with Gasteiger partial charge >= 0.3 is 5.97 Å². The molecule has 1 aliphatic rings. The molecule has 0 heterocycles. The molecule has 332 valence electrons. The molecule has 4 aromatic rings. The van der Waals surface area contributed by atoms with Crippen molar-refractivity contribution in [3.63, 3.8) is 0 Å². The van der Waals surface area contributed by atoms with E-state index in [-0.39, 0.29) is 51.5 Å². The number of methoxy groups -OCH3 is 3. The van der Waals surface area contributed by atoms with Crippen LogP contribution in [0.2, 0.25) is 10.0 Å². The smallest absolute Gasteiger partial charge is 0.343 e. The Kier molecular flexibility index (Phi) is 15.6. The van der Waals surface area contributed by atoms with Crippen molar-refractivity contribution in [3.05, 3.63) is 80.8 Å². The van der Waals surface area contributed by atoms with E-state index in [1.54, 1.807) is 14.2 Å². The van der Waals surface area contributed by atoms with E-state index in [1.165, 1.54) is 13.5 Å². The maximum atomic E-state index is 12.8. The van der Waals surface area contributed by atoms with Gasteiger partial charge in [-0.15, -0.1) is 0 Å². The van der Waals surface area contributed by atoms with E-state index in [4.69, 9.17) is 46.9 Å². The average molecular weight is 910 g/mol. The summed E-state index contributed by atoms with van der Waals surface area (Å²) in [6.45, 7) is 26.4. The number of carbonyl (C=O) groups is 1. The van der Waals surface area contributed by atoms with Gasteiger partial charge in [-0.3, -0.25) is 0 Å². The first-order chi connectivity index (χ1) is 28.4. The van der Waals surface area contributed by atoms with E-state index in [2.05, 4.69) is 119 Å². The Morgan fingerprint density at radius 1 is 0.574 bits per heavy atom. The lowest BCUT2D eigenvalue weighted by Crippen LogP contribution is -2.24. The zero-order valence-electron chi connectivity index (χ0n) is 39.1. The molecule has 61 heavy (non-hydrogen) atoms. The monoisotopic (exact) mass is 908 g/mol. The lowest BCUT2D eigenvalue weighted by molar-refractivity contribution is -0.142. The van der Waals surface area contributed by atoms with Crippen molar-refractivity contribution < 1.29 is 28.5 Å². The number of rotatable bonds is 12. The molecule has 1 saturated carbocycles.